The molecule has 0 unspecified atom stereocenters. The standard InChI is InChI=1S/C16H18N2O2S/c1-12-2-6-16(7-3-12)21(19,20)18-9-8-13-4-5-15(17)10-14(13)11-18/h2-7,10H,8-9,11,17H2,1H3. The minimum atomic E-state index is -3.44. The summed E-state index contributed by atoms with van der Waals surface area (Å²) in [7, 11) is -3.44. The first kappa shape index (κ1) is 14.1. The van der Waals surface area contributed by atoms with Crippen molar-refractivity contribution in [2.45, 2.75) is 24.8 Å². The van der Waals surface area contributed by atoms with Gasteiger partial charge in [0.05, 0.1) is 4.90 Å². The summed E-state index contributed by atoms with van der Waals surface area (Å²) >= 11 is 0. The van der Waals surface area contributed by atoms with Crippen LogP contribution in [-0.4, -0.2) is 19.3 Å². The van der Waals surface area contributed by atoms with E-state index in [1.54, 1.807) is 12.1 Å². The van der Waals surface area contributed by atoms with Gasteiger partial charge in [-0.15, -0.1) is 0 Å². The predicted molar refractivity (Wildman–Crippen MR) is 83.3 cm³/mol. The lowest BCUT2D eigenvalue weighted by Crippen LogP contribution is -2.36. The van der Waals surface area contributed by atoms with Crippen LogP contribution in [0.2, 0.25) is 0 Å². The number of nitrogen functional groups attached to an aromatic ring is 1. The minimum Gasteiger partial charge on any atom is -0.399 e. The number of hydrogen-bond acceptors (Lipinski definition) is 3. The molecule has 0 atom stereocenters. The molecule has 110 valence electrons. The largest absolute Gasteiger partial charge is 0.399 e. The van der Waals surface area contributed by atoms with Gasteiger partial charge >= 0.3 is 0 Å². The molecule has 1 aliphatic heterocycles. The van der Waals surface area contributed by atoms with Crippen molar-refractivity contribution in [2.24, 2.45) is 0 Å². The third-order valence-electron chi connectivity index (χ3n) is 3.87. The second-order valence-corrected chi connectivity index (χ2v) is 7.37. The Bertz CT molecular complexity index is 767. The average Bonchev–Trinajstić information content (AvgIpc) is 2.47. The Kier molecular flexibility index (Phi) is 3.47. The minimum absolute atomic E-state index is 0.348. The molecule has 0 saturated heterocycles. The second-order valence-electron chi connectivity index (χ2n) is 5.43. The maximum Gasteiger partial charge on any atom is 0.243 e. The molecule has 0 amide bonds. The molecule has 0 radical (unpaired) electrons. The zero-order valence-corrected chi connectivity index (χ0v) is 12.7. The summed E-state index contributed by atoms with van der Waals surface area (Å²) in [5.74, 6) is 0. The van der Waals surface area contributed by atoms with Crippen LogP contribution in [0.25, 0.3) is 0 Å². The summed E-state index contributed by atoms with van der Waals surface area (Å²) in [6.45, 7) is 2.83. The van der Waals surface area contributed by atoms with Gasteiger partial charge in [0.2, 0.25) is 10.0 Å². The number of aryl methyl sites for hydroxylation is 1. The number of rotatable bonds is 2. The van der Waals surface area contributed by atoms with Crippen molar-refractivity contribution in [3.8, 4) is 0 Å². The van der Waals surface area contributed by atoms with Crippen LogP contribution in [-0.2, 0) is 23.0 Å². The monoisotopic (exact) mass is 302 g/mol. The topological polar surface area (TPSA) is 63.4 Å². The fourth-order valence-electron chi connectivity index (χ4n) is 2.62. The van der Waals surface area contributed by atoms with Gasteiger partial charge in [-0.1, -0.05) is 23.8 Å². The number of fused-ring (bicyclic) bond motifs is 1. The first-order valence-corrected chi connectivity index (χ1v) is 8.35. The van der Waals surface area contributed by atoms with Gasteiger partial charge in [0.15, 0.2) is 0 Å². The van der Waals surface area contributed by atoms with E-state index in [0.717, 1.165) is 17.5 Å². The third-order valence-corrected chi connectivity index (χ3v) is 5.73. The van der Waals surface area contributed by atoms with Crippen LogP contribution in [0.15, 0.2) is 47.4 Å². The van der Waals surface area contributed by atoms with Gasteiger partial charge in [0.1, 0.15) is 0 Å². The number of nitrogens with two attached hydrogens (primary N) is 1. The van der Waals surface area contributed by atoms with Crippen LogP contribution in [0.4, 0.5) is 5.69 Å². The molecule has 0 fully saturated rings. The molecular formula is C16H18N2O2S. The van der Waals surface area contributed by atoms with Gasteiger partial charge in [-0.3, -0.25) is 0 Å². The molecule has 4 nitrogen and oxygen atoms in total. The van der Waals surface area contributed by atoms with Crippen molar-refractivity contribution < 1.29 is 8.42 Å². The highest BCUT2D eigenvalue weighted by Gasteiger charge is 2.28. The van der Waals surface area contributed by atoms with E-state index in [1.165, 1.54) is 9.87 Å². The zero-order valence-electron chi connectivity index (χ0n) is 11.9. The summed E-state index contributed by atoms with van der Waals surface area (Å²) < 4.78 is 26.9. The van der Waals surface area contributed by atoms with Gasteiger partial charge in [0, 0.05) is 18.8 Å². The van der Waals surface area contributed by atoms with E-state index in [2.05, 4.69) is 0 Å². The SMILES string of the molecule is Cc1ccc(S(=O)(=O)N2CCc3ccc(N)cc3C2)cc1. The summed E-state index contributed by atoms with van der Waals surface area (Å²) in [4.78, 5) is 0.348. The number of sulfonamides is 1. The smallest absolute Gasteiger partial charge is 0.243 e. The highest BCUT2D eigenvalue weighted by atomic mass is 32.2. The van der Waals surface area contributed by atoms with Crippen LogP contribution in [0.1, 0.15) is 16.7 Å². The van der Waals surface area contributed by atoms with Crippen molar-refractivity contribution in [3.63, 3.8) is 0 Å². The molecule has 0 spiro atoms. The number of anilines is 1. The summed E-state index contributed by atoms with van der Waals surface area (Å²) in [6.07, 6.45) is 0.723. The number of hydrogen-bond donors (Lipinski definition) is 1. The molecule has 2 aromatic carbocycles. The lowest BCUT2D eigenvalue weighted by molar-refractivity contribution is 0.391. The first-order valence-electron chi connectivity index (χ1n) is 6.91. The van der Waals surface area contributed by atoms with E-state index in [9.17, 15) is 8.42 Å². The van der Waals surface area contributed by atoms with Crippen LogP contribution in [0, 0.1) is 6.92 Å². The normalized spacial score (nSPS) is 15.7. The van der Waals surface area contributed by atoms with Gasteiger partial charge in [-0.2, -0.15) is 4.31 Å². The number of benzene rings is 2. The zero-order chi connectivity index (χ0) is 15.0. The molecule has 0 aliphatic carbocycles. The summed E-state index contributed by atoms with van der Waals surface area (Å²) in [5.41, 5.74) is 9.69. The molecule has 1 aliphatic rings. The summed E-state index contributed by atoms with van der Waals surface area (Å²) in [5, 5.41) is 0. The molecule has 2 N–H and O–H groups in total. The van der Waals surface area contributed by atoms with E-state index < -0.39 is 10.0 Å². The Morgan fingerprint density at radius 2 is 1.76 bits per heavy atom. The van der Waals surface area contributed by atoms with Crippen molar-refractivity contribution in [1.82, 2.24) is 4.31 Å². The fourth-order valence-corrected chi connectivity index (χ4v) is 4.03. The molecule has 21 heavy (non-hydrogen) atoms. The maximum absolute atomic E-state index is 12.7. The Morgan fingerprint density at radius 3 is 2.48 bits per heavy atom. The molecule has 0 bridgehead atoms. The van der Waals surface area contributed by atoms with Crippen LogP contribution >= 0.6 is 0 Å². The van der Waals surface area contributed by atoms with Crippen LogP contribution in [0.5, 0.6) is 0 Å². The molecule has 3 rings (SSSR count). The summed E-state index contributed by atoms with van der Waals surface area (Å²) in [6, 6.07) is 12.7. The highest BCUT2D eigenvalue weighted by Crippen LogP contribution is 2.26. The van der Waals surface area contributed by atoms with Crippen molar-refractivity contribution in [2.75, 3.05) is 12.3 Å². The Hall–Kier alpha value is -1.85. The van der Waals surface area contributed by atoms with E-state index in [-0.39, 0.29) is 0 Å². The average molecular weight is 302 g/mol. The fraction of sp³-hybridized carbons (Fsp3) is 0.250. The van der Waals surface area contributed by atoms with Crippen molar-refractivity contribution >= 4 is 15.7 Å². The first-order chi connectivity index (χ1) is 9.96. The van der Waals surface area contributed by atoms with Gasteiger partial charge in [-0.25, -0.2) is 8.42 Å². The Morgan fingerprint density at radius 1 is 1.05 bits per heavy atom. The van der Waals surface area contributed by atoms with Gasteiger partial charge in [0.25, 0.3) is 0 Å². The second kappa shape index (κ2) is 5.16. The van der Waals surface area contributed by atoms with E-state index >= 15 is 0 Å². The third kappa shape index (κ3) is 2.66. The Balaban J connectivity index is 1.93. The molecule has 0 aromatic heterocycles. The highest BCUT2D eigenvalue weighted by molar-refractivity contribution is 7.89. The lowest BCUT2D eigenvalue weighted by atomic mass is 10.0. The molecule has 2 aromatic rings. The van der Waals surface area contributed by atoms with E-state index in [4.69, 9.17) is 5.73 Å². The van der Waals surface area contributed by atoms with E-state index in [1.807, 2.05) is 37.3 Å². The van der Waals surface area contributed by atoms with E-state index in [0.29, 0.717) is 23.7 Å². The lowest BCUT2D eigenvalue weighted by Gasteiger charge is -2.28. The maximum atomic E-state index is 12.7. The van der Waals surface area contributed by atoms with Crippen molar-refractivity contribution in [1.29, 1.82) is 0 Å². The molecule has 0 saturated carbocycles. The molecule has 5 heteroatoms. The van der Waals surface area contributed by atoms with Gasteiger partial charge in [-0.05, 0) is 48.7 Å². The van der Waals surface area contributed by atoms with Crippen molar-refractivity contribution in [3.05, 3.63) is 59.2 Å². The quantitative estimate of drug-likeness (QED) is 0.866. The molecular weight excluding hydrogens is 284 g/mol. The van der Waals surface area contributed by atoms with Crippen LogP contribution < -0.4 is 5.73 Å². The van der Waals surface area contributed by atoms with Gasteiger partial charge < -0.3 is 5.73 Å². The Labute approximate surface area is 125 Å². The number of nitrogens with zero attached hydrogens (tertiary/aromatic N) is 1. The predicted octanol–water partition coefficient (Wildman–Crippen LogP) is 2.32. The van der Waals surface area contributed by atoms with Crippen LogP contribution in [0.3, 0.4) is 0 Å². The molecule has 1 heterocycles.